The van der Waals surface area contributed by atoms with E-state index in [4.69, 9.17) is 14.3 Å². The van der Waals surface area contributed by atoms with Crippen LogP contribution in [0.5, 0.6) is 0 Å². The maximum Gasteiger partial charge on any atom is 0.353 e. The van der Waals surface area contributed by atoms with Crippen molar-refractivity contribution in [2.45, 2.75) is 57.5 Å². The lowest BCUT2D eigenvalue weighted by atomic mass is 10.2. The van der Waals surface area contributed by atoms with E-state index in [1.54, 1.807) is 6.20 Å². The summed E-state index contributed by atoms with van der Waals surface area (Å²) < 4.78 is 12.5. The first-order chi connectivity index (χ1) is 11.1. The van der Waals surface area contributed by atoms with Crippen molar-refractivity contribution in [2.75, 3.05) is 6.61 Å². The minimum Gasteiger partial charge on any atom is -0.443 e. The van der Waals surface area contributed by atoms with E-state index in [-0.39, 0.29) is 13.0 Å². The van der Waals surface area contributed by atoms with Gasteiger partial charge in [0.05, 0.1) is 18.1 Å². The molecule has 2 aromatic rings. The van der Waals surface area contributed by atoms with Gasteiger partial charge >= 0.3 is 5.69 Å². The number of ether oxygens (including phenoxy) is 1. The number of aromatic nitrogens is 2. The summed E-state index contributed by atoms with van der Waals surface area (Å²) in [6, 6.07) is 1.89. The third kappa shape index (κ3) is 3.31. The van der Waals surface area contributed by atoms with Gasteiger partial charge in [-0.2, -0.15) is 4.98 Å². The van der Waals surface area contributed by atoms with Crippen LogP contribution >= 0.6 is 0 Å². The van der Waals surface area contributed by atoms with Crippen molar-refractivity contribution in [2.24, 2.45) is 0 Å². The number of fused-ring (bicyclic) bond motifs is 1. The molecular formula is C16H22N2O5. The molecule has 7 nitrogen and oxygen atoms in total. The van der Waals surface area contributed by atoms with Crippen molar-refractivity contribution < 1.29 is 19.4 Å². The second-order valence-corrected chi connectivity index (χ2v) is 5.98. The van der Waals surface area contributed by atoms with E-state index in [2.05, 4.69) is 11.9 Å². The molecular weight excluding hydrogens is 300 g/mol. The highest BCUT2D eigenvalue weighted by atomic mass is 16.5. The quantitative estimate of drug-likeness (QED) is 0.779. The van der Waals surface area contributed by atoms with Gasteiger partial charge in [-0.3, -0.25) is 4.57 Å². The molecule has 3 atom stereocenters. The van der Waals surface area contributed by atoms with E-state index in [0.29, 0.717) is 5.71 Å². The highest BCUT2D eigenvalue weighted by Gasteiger charge is 2.35. The zero-order chi connectivity index (χ0) is 16.4. The third-order valence-electron chi connectivity index (χ3n) is 4.21. The molecule has 1 aliphatic rings. The first-order valence-electron chi connectivity index (χ1n) is 8.08. The summed E-state index contributed by atoms with van der Waals surface area (Å²) in [6.07, 6.45) is 3.95. The molecule has 0 radical (unpaired) electrons. The summed E-state index contributed by atoms with van der Waals surface area (Å²) in [5.74, 6) is 0.818. The Kier molecular flexibility index (Phi) is 4.79. The van der Waals surface area contributed by atoms with Gasteiger partial charge in [0, 0.05) is 19.0 Å². The molecule has 1 aliphatic heterocycles. The van der Waals surface area contributed by atoms with E-state index >= 15 is 0 Å². The standard InChI is InChI=1S/C16H22N2O5/c1-2-3-4-5-11-6-10-8-18(16(21)17-15(10)22-11)14-7-12(20)13(9-19)23-14/h6,8,12-14,19-20H,2-5,7,9H2,1H3. The lowest BCUT2D eigenvalue weighted by Gasteiger charge is -2.13. The molecule has 0 amide bonds. The van der Waals surface area contributed by atoms with Crippen LogP contribution in [0.15, 0.2) is 21.5 Å². The Hall–Kier alpha value is -1.70. The predicted octanol–water partition coefficient (Wildman–Crippen LogP) is 1.36. The van der Waals surface area contributed by atoms with Crippen LogP contribution in [0, 0.1) is 0 Å². The van der Waals surface area contributed by atoms with Crippen LogP contribution in [0.25, 0.3) is 11.1 Å². The van der Waals surface area contributed by atoms with Gasteiger partial charge in [0.25, 0.3) is 0 Å². The smallest absolute Gasteiger partial charge is 0.353 e. The van der Waals surface area contributed by atoms with E-state index in [1.165, 1.54) is 4.57 Å². The summed E-state index contributed by atoms with van der Waals surface area (Å²) >= 11 is 0. The number of aryl methyl sites for hydroxylation is 1. The number of aliphatic hydroxyl groups is 2. The molecule has 7 heteroatoms. The molecule has 1 saturated heterocycles. The lowest BCUT2D eigenvalue weighted by Crippen LogP contribution is -2.27. The fourth-order valence-corrected chi connectivity index (χ4v) is 2.91. The Morgan fingerprint density at radius 1 is 1.43 bits per heavy atom. The molecule has 23 heavy (non-hydrogen) atoms. The largest absolute Gasteiger partial charge is 0.443 e. The van der Waals surface area contributed by atoms with Crippen LogP contribution in [0.3, 0.4) is 0 Å². The SMILES string of the molecule is CCCCCc1cc2cn(C3CC(O)C(CO)O3)c(=O)nc2o1. The average Bonchev–Trinajstić information content (AvgIpc) is 3.09. The van der Waals surface area contributed by atoms with Crippen LogP contribution in [-0.4, -0.2) is 38.6 Å². The van der Waals surface area contributed by atoms with Gasteiger partial charge in [0.2, 0.25) is 5.71 Å². The Morgan fingerprint density at radius 2 is 2.26 bits per heavy atom. The van der Waals surface area contributed by atoms with Gasteiger partial charge in [0.15, 0.2) is 0 Å². The fraction of sp³-hybridized carbons (Fsp3) is 0.625. The molecule has 3 unspecified atom stereocenters. The van der Waals surface area contributed by atoms with Crippen molar-refractivity contribution in [3.8, 4) is 0 Å². The first kappa shape index (κ1) is 16.2. The summed E-state index contributed by atoms with van der Waals surface area (Å²) in [6.45, 7) is 1.86. The molecule has 2 aromatic heterocycles. The highest BCUT2D eigenvalue weighted by molar-refractivity contribution is 5.72. The minimum atomic E-state index is -0.790. The van der Waals surface area contributed by atoms with Crippen LogP contribution in [0.1, 0.15) is 44.6 Å². The molecule has 1 fully saturated rings. The molecule has 0 saturated carbocycles. The zero-order valence-corrected chi connectivity index (χ0v) is 13.1. The molecule has 0 aliphatic carbocycles. The van der Waals surface area contributed by atoms with E-state index in [9.17, 15) is 9.90 Å². The number of rotatable bonds is 6. The molecule has 126 valence electrons. The number of hydrogen-bond donors (Lipinski definition) is 2. The number of furan rings is 1. The maximum atomic E-state index is 12.2. The molecule has 2 N–H and O–H groups in total. The van der Waals surface area contributed by atoms with E-state index in [0.717, 1.165) is 36.8 Å². The summed E-state index contributed by atoms with van der Waals surface area (Å²) in [4.78, 5) is 16.1. The maximum absolute atomic E-state index is 12.2. The van der Waals surface area contributed by atoms with Gasteiger partial charge in [0.1, 0.15) is 18.1 Å². The number of aliphatic hydroxyl groups excluding tert-OH is 2. The molecule has 3 rings (SSSR count). The minimum absolute atomic E-state index is 0.250. The Morgan fingerprint density at radius 3 is 2.96 bits per heavy atom. The van der Waals surface area contributed by atoms with Gasteiger partial charge in [-0.25, -0.2) is 4.79 Å². The van der Waals surface area contributed by atoms with Crippen LogP contribution in [0.4, 0.5) is 0 Å². The van der Waals surface area contributed by atoms with Crippen molar-refractivity contribution in [3.05, 3.63) is 28.5 Å². The van der Waals surface area contributed by atoms with Gasteiger partial charge in [-0.05, 0) is 12.5 Å². The van der Waals surface area contributed by atoms with Gasteiger partial charge in [-0.1, -0.05) is 19.8 Å². The van der Waals surface area contributed by atoms with Crippen LogP contribution in [0.2, 0.25) is 0 Å². The van der Waals surface area contributed by atoms with Gasteiger partial charge < -0.3 is 19.4 Å². The zero-order valence-electron chi connectivity index (χ0n) is 13.1. The number of hydrogen-bond acceptors (Lipinski definition) is 6. The molecule has 3 heterocycles. The summed E-state index contributed by atoms with van der Waals surface area (Å²) in [5.41, 5.74) is -0.155. The Balaban J connectivity index is 1.84. The van der Waals surface area contributed by atoms with Crippen LogP contribution in [-0.2, 0) is 11.2 Å². The highest BCUT2D eigenvalue weighted by Crippen LogP contribution is 2.28. The second kappa shape index (κ2) is 6.82. The summed E-state index contributed by atoms with van der Waals surface area (Å²) in [5, 5.41) is 19.7. The third-order valence-corrected chi connectivity index (χ3v) is 4.21. The van der Waals surface area contributed by atoms with Crippen molar-refractivity contribution in [1.29, 1.82) is 0 Å². The Labute approximate surface area is 133 Å². The van der Waals surface area contributed by atoms with Crippen molar-refractivity contribution >= 4 is 11.1 Å². The average molecular weight is 322 g/mol. The number of nitrogens with zero attached hydrogens (tertiary/aromatic N) is 2. The van der Waals surface area contributed by atoms with Gasteiger partial charge in [-0.15, -0.1) is 0 Å². The fourth-order valence-electron chi connectivity index (χ4n) is 2.91. The van der Waals surface area contributed by atoms with Crippen LogP contribution < -0.4 is 5.69 Å². The molecule has 0 spiro atoms. The Bertz CT molecular complexity index is 723. The molecule has 0 aromatic carbocycles. The van der Waals surface area contributed by atoms with Crippen molar-refractivity contribution in [3.63, 3.8) is 0 Å². The summed E-state index contributed by atoms with van der Waals surface area (Å²) in [7, 11) is 0. The lowest BCUT2D eigenvalue weighted by molar-refractivity contribution is -0.0457. The van der Waals surface area contributed by atoms with E-state index in [1.807, 2.05) is 6.07 Å². The van der Waals surface area contributed by atoms with E-state index < -0.39 is 24.1 Å². The molecule has 0 bridgehead atoms. The normalized spacial score (nSPS) is 24.6. The predicted molar refractivity (Wildman–Crippen MR) is 83.1 cm³/mol. The first-order valence-corrected chi connectivity index (χ1v) is 8.08. The van der Waals surface area contributed by atoms with Crippen molar-refractivity contribution in [1.82, 2.24) is 9.55 Å². The topological polar surface area (TPSA) is 97.7 Å². The number of unbranched alkanes of at least 4 members (excludes halogenated alkanes) is 2. The monoisotopic (exact) mass is 322 g/mol. The second-order valence-electron chi connectivity index (χ2n) is 5.98.